The van der Waals surface area contributed by atoms with Crippen LogP contribution in [0.5, 0.6) is 0 Å². The average Bonchev–Trinajstić information content (AvgIpc) is 3.32. The maximum atomic E-state index is 13.6. The summed E-state index contributed by atoms with van der Waals surface area (Å²) < 4.78 is 7.57. The molecule has 33 heavy (non-hydrogen) atoms. The van der Waals surface area contributed by atoms with E-state index in [1.807, 2.05) is 95.6 Å². The molecule has 4 aromatic rings. The molecule has 0 radical (unpaired) electrons. The molecule has 3 aromatic carbocycles. The van der Waals surface area contributed by atoms with Crippen molar-refractivity contribution < 1.29 is 9.53 Å². The molecule has 0 bridgehead atoms. The topological polar surface area (TPSA) is 60.3 Å². The molecule has 0 unspecified atom stereocenters. The van der Waals surface area contributed by atoms with Crippen LogP contribution in [0.4, 0.5) is 5.95 Å². The van der Waals surface area contributed by atoms with Crippen LogP contribution in [0.25, 0.3) is 5.69 Å². The molecular weight excluding hydrogens is 432 g/mol. The lowest BCUT2D eigenvalue weighted by Gasteiger charge is -2.28. The Morgan fingerprint density at radius 2 is 1.42 bits per heavy atom. The standard InChI is InChI=1S/C26H24N4O2S/c31-23(20-10-4-1-5-11-20)24(21-12-6-2-7-13-21)33-26-28-27-25(29-16-18-32-19-17-29)30(26)22-14-8-3-9-15-22/h1-15,24H,16-19H2/t24-/m0/s1. The van der Waals surface area contributed by atoms with Crippen molar-refractivity contribution in [1.29, 1.82) is 0 Å². The van der Waals surface area contributed by atoms with Crippen LogP contribution in [-0.4, -0.2) is 46.9 Å². The molecule has 1 saturated heterocycles. The minimum absolute atomic E-state index is 0.0438. The van der Waals surface area contributed by atoms with Gasteiger partial charge < -0.3 is 9.64 Å². The number of Topliss-reactive ketones (excluding diaryl/α,β-unsaturated/α-hetero) is 1. The third-order valence-electron chi connectivity index (χ3n) is 5.55. The number of rotatable bonds is 7. The van der Waals surface area contributed by atoms with Crippen molar-refractivity contribution in [3.05, 3.63) is 102 Å². The number of ketones is 1. The summed E-state index contributed by atoms with van der Waals surface area (Å²) in [6.07, 6.45) is 0. The summed E-state index contributed by atoms with van der Waals surface area (Å²) in [5, 5.41) is 9.33. The van der Waals surface area contributed by atoms with Crippen molar-refractivity contribution in [2.75, 3.05) is 31.2 Å². The van der Waals surface area contributed by atoms with E-state index in [1.54, 1.807) is 0 Å². The van der Waals surface area contributed by atoms with Crippen LogP contribution in [-0.2, 0) is 4.74 Å². The molecule has 1 atom stereocenters. The quantitative estimate of drug-likeness (QED) is 0.294. The van der Waals surface area contributed by atoms with Crippen molar-refractivity contribution >= 4 is 23.5 Å². The van der Waals surface area contributed by atoms with Crippen LogP contribution in [0, 0.1) is 0 Å². The number of nitrogens with zero attached hydrogens (tertiary/aromatic N) is 4. The normalized spacial score (nSPS) is 14.7. The molecule has 0 N–H and O–H groups in total. The summed E-state index contributed by atoms with van der Waals surface area (Å²) in [5.74, 6) is 0.813. The zero-order chi connectivity index (χ0) is 22.5. The number of hydrogen-bond donors (Lipinski definition) is 0. The Balaban J connectivity index is 1.57. The molecule has 1 fully saturated rings. The van der Waals surface area contributed by atoms with Crippen LogP contribution >= 0.6 is 11.8 Å². The number of hydrogen-bond acceptors (Lipinski definition) is 6. The second-order valence-electron chi connectivity index (χ2n) is 7.69. The van der Waals surface area contributed by atoms with Gasteiger partial charge in [-0.1, -0.05) is 90.6 Å². The molecule has 0 aliphatic carbocycles. The summed E-state index contributed by atoms with van der Waals surface area (Å²) in [7, 11) is 0. The highest BCUT2D eigenvalue weighted by Crippen LogP contribution is 2.39. The molecule has 1 aromatic heterocycles. The highest BCUT2D eigenvalue weighted by atomic mass is 32.2. The molecule has 1 aliphatic heterocycles. The van der Waals surface area contributed by atoms with Gasteiger partial charge in [-0.3, -0.25) is 9.36 Å². The number of carbonyl (C=O) groups is 1. The smallest absolute Gasteiger partial charge is 0.232 e. The van der Waals surface area contributed by atoms with E-state index in [1.165, 1.54) is 11.8 Å². The zero-order valence-electron chi connectivity index (χ0n) is 18.1. The summed E-state index contributed by atoms with van der Waals surface area (Å²) in [6.45, 7) is 2.81. The maximum absolute atomic E-state index is 13.6. The largest absolute Gasteiger partial charge is 0.378 e. The van der Waals surface area contributed by atoms with Crippen LogP contribution in [0.2, 0.25) is 0 Å². The molecule has 1 aliphatic rings. The third-order valence-corrected chi connectivity index (χ3v) is 6.74. The summed E-state index contributed by atoms with van der Waals surface area (Å²) in [6, 6.07) is 29.3. The molecule has 166 valence electrons. The fourth-order valence-electron chi connectivity index (χ4n) is 3.87. The van der Waals surface area contributed by atoms with Gasteiger partial charge in [-0.25, -0.2) is 0 Å². The third kappa shape index (κ3) is 4.69. The SMILES string of the molecule is O=C(c1ccccc1)[C@@H](Sc1nnc(N2CCOCC2)n1-c1ccccc1)c1ccccc1. The molecule has 2 heterocycles. The highest BCUT2D eigenvalue weighted by molar-refractivity contribution is 8.00. The fourth-order valence-corrected chi connectivity index (χ4v) is 5.00. The summed E-state index contributed by atoms with van der Waals surface area (Å²) in [4.78, 5) is 15.8. The van der Waals surface area contributed by atoms with Crippen LogP contribution in [0.15, 0.2) is 96.2 Å². The number of ether oxygens (including phenoxy) is 1. The number of anilines is 1. The molecule has 0 saturated carbocycles. The first-order chi connectivity index (χ1) is 16.3. The maximum Gasteiger partial charge on any atom is 0.232 e. The molecule has 6 nitrogen and oxygen atoms in total. The monoisotopic (exact) mass is 456 g/mol. The van der Waals surface area contributed by atoms with Crippen LogP contribution in [0.3, 0.4) is 0 Å². The van der Waals surface area contributed by atoms with Crippen molar-refractivity contribution in [2.24, 2.45) is 0 Å². The Bertz CT molecular complexity index is 1190. The van der Waals surface area contributed by atoms with Gasteiger partial charge >= 0.3 is 0 Å². The predicted molar refractivity (Wildman–Crippen MR) is 130 cm³/mol. The number of para-hydroxylation sites is 1. The molecule has 0 spiro atoms. The Kier molecular flexibility index (Phi) is 6.51. The number of aromatic nitrogens is 3. The van der Waals surface area contributed by atoms with Gasteiger partial charge in [-0.2, -0.15) is 0 Å². The van der Waals surface area contributed by atoms with Gasteiger partial charge in [0.05, 0.1) is 18.9 Å². The Hall–Kier alpha value is -3.42. The van der Waals surface area contributed by atoms with Crippen LogP contribution in [0.1, 0.15) is 21.2 Å². The van der Waals surface area contributed by atoms with Crippen molar-refractivity contribution in [3.8, 4) is 5.69 Å². The van der Waals surface area contributed by atoms with E-state index >= 15 is 0 Å². The second kappa shape index (κ2) is 10.0. The first kappa shape index (κ1) is 21.4. The second-order valence-corrected chi connectivity index (χ2v) is 8.76. The lowest BCUT2D eigenvalue weighted by Crippen LogP contribution is -2.37. The lowest BCUT2D eigenvalue weighted by atomic mass is 10.0. The van der Waals surface area contributed by atoms with E-state index in [-0.39, 0.29) is 5.78 Å². The minimum atomic E-state index is -0.446. The Morgan fingerprint density at radius 1 is 0.818 bits per heavy atom. The van der Waals surface area contributed by atoms with E-state index in [2.05, 4.69) is 15.1 Å². The number of benzene rings is 3. The fraction of sp³-hybridized carbons (Fsp3) is 0.192. The van der Waals surface area contributed by atoms with Gasteiger partial charge in [-0.15, -0.1) is 10.2 Å². The first-order valence-corrected chi connectivity index (χ1v) is 11.8. The summed E-state index contributed by atoms with van der Waals surface area (Å²) >= 11 is 1.43. The van der Waals surface area contributed by atoms with Crippen LogP contribution < -0.4 is 4.90 Å². The van der Waals surface area contributed by atoms with Crippen molar-refractivity contribution in [1.82, 2.24) is 14.8 Å². The lowest BCUT2D eigenvalue weighted by molar-refractivity contribution is 0.0989. The number of morpholine rings is 1. The van der Waals surface area contributed by atoms with E-state index < -0.39 is 5.25 Å². The van der Waals surface area contributed by atoms with E-state index in [0.717, 1.165) is 30.3 Å². The Morgan fingerprint density at radius 3 is 2.09 bits per heavy atom. The molecule has 5 rings (SSSR count). The summed E-state index contributed by atoms with van der Waals surface area (Å²) in [5.41, 5.74) is 2.58. The zero-order valence-corrected chi connectivity index (χ0v) is 18.9. The van der Waals surface area contributed by atoms with Gasteiger partial charge in [0.1, 0.15) is 5.25 Å². The number of carbonyl (C=O) groups excluding carboxylic acids is 1. The van der Waals surface area contributed by atoms with E-state index in [0.29, 0.717) is 23.9 Å². The van der Waals surface area contributed by atoms with Gasteiger partial charge in [0.2, 0.25) is 5.95 Å². The predicted octanol–water partition coefficient (Wildman–Crippen LogP) is 4.82. The molecule has 0 amide bonds. The van der Waals surface area contributed by atoms with Crippen molar-refractivity contribution in [3.63, 3.8) is 0 Å². The minimum Gasteiger partial charge on any atom is -0.378 e. The van der Waals surface area contributed by atoms with Gasteiger partial charge in [0.25, 0.3) is 0 Å². The average molecular weight is 457 g/mol. The highest BCUT2D eigenvalue weighted by Gasteiger charge is 2.28. The Labute approximate surface area is 197 Å². The van der Waals surface area contributed by atoms with E-state index in [9.17, 15) is 4.79 Å². The van der Waals surface area contributed by atoms with Gasteiger partial charge in [-0.05, 0) is 17.7 Å². The van der Waals surface area contributed by atoms with E-state index in [4.69, 9.17) is 4.74 Å². The van der Waals surface area contributed by atoms with Crippen molar-refractivity contribution in [2.45, 2.75) is 10.4 Å². The number of thioether (sulfide) groups is 1. The van der Waals surface area contributed by atoms with Gasteiger partial charge in [0, 0.05) is 18.7 Å². The molecular formula is C26H24N4O2S. The van der Waals surface area contributed by atoms with Gasteiger partial charge in [0.15, 0.2) is 10.9 Å². The first-order valence-electron chi connectivity index (χ1n) is 11.0. The molecule has 7 heteroatoms.